The number of anilines is 2. The lowest BCUT2D eigenvalue weighted by Gasteiger charge is -2.08. The van der Waals surface area contributed by atoms with Crippen LogP contribution in [0.15, 0.2) is 30.7 Å². The number of aromatic nitrogens is 3. The first-order chi connectivity index (χ1) is 12.5. The van der Waals surface area contributed by atoms with E-state index in [0.29, 0.717) is 39.3 Å². The Morgan fingerprint density at radius 3 is 2.77 bits per heavy atom. The molecule has 0 aliphatic carbocycles. The van der Waals surface area contributed by atoms with Crippen molar-refractivity contribution in [3.8, 4) is 0 Å². The lowest BCUT2D eigenvalue weighted by molar-refractivity contribution is 0.0599. The molecular weight excluding hydrogens is 338 g/mol. The number of nitrogens with one attached hydrogen (secondary N) is 2. The van der Waals surface area contributed by atoms with Crippen LogP contribution in [-0.4, -0.2) is 39.5 Å². The smallest absolute Gasteiger partial charge is 0.339 e. The summed E-state index contributed by atoms with van der Waals surface area (Å²) in [5.41, 5.74) is 2.86. The molecule has 1 aliphatic rings. The van der Waals surface area contributed by atoms with E-state index in [2.05, 4.69) is 20.7 Å². The monoisotopic (exact) mass is 351 g/mol. The van der Waals surface area contributed by atoms with Gasteiger partial charge in [-0.15, -0.1) is 0 Å². The minimum Gasteiger partial charge on any atom is -0.465 e. The number of imide groups is 1. The summed E-state index contributed by atoms with van der Waals surface area (Å²) in [6.07, 6.45) is 2.91. The molecular formula is C17H13N5O4. The third kappa shape index (κ3) is 2.29. The van der Waals surface area contributed by atoms with Gasteiger partial charge in [-0.3, -0.25) is 14.9 Å². The molecule has 0 bridgehead atoms. The van der Waals surface area contributed by atoms with Crippen LogP contribution in [0, 0.1) is 6.92 Å². The van der Waals surface area contributed by atoms with E-state index in [4.69, 9.17) is 4.74 Å². The highest BCUT2D eigenvalue weighted by molar-refractivity contribution is 6.21. The van der Waals surface area contributed by atoms with E-state index in [1.54, 1.807) is 31.3 Å². The maximum atomic E-state index is 11.9. The lowest BCUT2D eigenvalue weighted by atomic mass is 10.1. The van der Waals surface area contributed by atoms with Gasteiger partial charge >= 0.3 is 5.97 Å². The van der Waals surface area contributed by atoms with Gasteiger partial charge in [0, 0.05) is 11.9 Å². The number of carbonyl (C=O) groups excluding carboxylic acids is 3. The van der Waals surface area contributed by atoms with Crippen LogP contribution in [0.3, 0.4) is 0 Å². The van der Waals surface area contributed by atoms with Gasteiger partial charge in [0.15, 0.2) is 5.82 Å². The number of aryl methyl sites for hydroxylation is 1. The van der Waals surface area contributed by atoms with E-state index in [1.165, 1.54) is 18.0 Å². The summed E-state index contributed by atoms with van der Waals surface area (Å²) in [4.78, 5) is 39.6. The van der Waals surface area contributed by atoms with Crippen molar-refractivity contribution in [1.82, 2.24) is 19.9 Å². The molecule has 0 fully saturated rings. The molecule has 0 radical (unpaired) electrons. The van der Waals surface area contributed by atoms with Crippen LogP contribution in [0.4, 0.5) is 11.5 Å². The highest BCUT2D eigenvalue weighted by atomic mass is 16.5. The summed E-state index contributed by atoms with van der Waals surface area (Å²) in [6.45, 7) is 1.77. The molecule has 3 heterocycles. The van der Waals surface area contributed by atoms with Gasteiger partial charge in [0.2, 0.25) is 0 Å². The largest absolute Gasteiger partial charge is 0.465 e. The summed E-state index contributed by atoms with van der Waals surface area (Å²) < 4.78 is 6.31. The second-order valence-corrected chi connectivity index (χ2v) is 5.73. The summed E-state index contributed by atoms with van der Waals surface area (Å²) in [6, 6.07) is 4.82. The van der Waals surface area contributed by atoms with E-state index >= 15 is 0 Å². The Kier molecular flexibility index (Phi) is 3.43. The molecule has 9 nitrogen and oxygen atoms in total. The first kappa shape index (κ1) is 15.8. The number of benzene rings is 1. The zero-order chi connectivity index (χ0) is 18.4. The number of carbonyl (C=O) groups is 3. The fraction of sp³-hybridized carbons (Fsp3) is 0.118. The maximum Gasteiger partial charge on any atom is 0.339 e. The van der Waals surface area contributed by atoms with E-state index in [-0.39, 0.29) is 0 Å². The molecule has 2 N–H and O–H groups in total. The minimum absolute atomic E-state index is 0.299. The first-order valence-corrected chi connectivity index (χ1v) is 7.67. The van der Waals surface area contributed by atoms with Gasteiger partial charge in [0.25, 0.3) is 11.8 Å². The summed E-state index contributed by atoms with van der Waals surface area (Å²) in [5, 5.41) is 9.47. The molecule has 26 heavy (non-hydrogen) atoms. The number of fused-ring (bicyclic) bond motifs is 2. The topological polar surface area (TPSA) is 115 Å². The molecule has 0 unspecified atom stereocenters. The number of esters is 1. The fourth-order valence-electron chi connectivity index (χ4n) is 2.95. The van der Waals surface area contributed by atoms with E-state index < -0.39 is 17.8 Å². The lowest BCUT2D eigenvalue weighted by Crippen LogP contribution is -2.19. The molecule has 0 atom stereocenters. The van der Waals surface area contributed by atoms with Crippen LogP contribution in [-0.2, 0) is 4.74 Å². The molecule has 1 aromatic carbocycles. The Morgan fingerprint density at radius 2 is 2.00 bits per heavy atom. The molecule has 4 rings (SSSR count). The summed E-state index contributed by atoms with van der Waals surface area (Å²) in [5.74, 6) is -0.858. The number of methoxy groups -OCH3 is 1. The molecule has 2 amide bonds. The molecule has 0 spiro atoms. The average Bonchev–Trinajstić information content (AvgIpc) is 3.12. The SMILES string of the molecule is COC(=O)c1cn2ncnc(Nc3ccc4c(c3)C(=O)NC4=O)c2c1C. The maximum absolute atomic E-state index is 11.9. The van der Waals surface area contributed by atoms with Gasteiger partial charge in [0.1, 0.15) is 11.8 Å². The Labute approximate surface area is 147 Å². The Balaban J connectivity index is 1.78. The Bertz CT molecular complexity index is 1100. The number of hydrogen-bond donors (Lipinski definition) is 2. The predicted octanol–water partition coefficient (Wildman–Crippen LogP) is 1.45. The van der Waals surface area contributed by atoms with Crippen molar-refractivity contribution in [1.29, 1.82) is 0 Å². The van der Waals surface area contributed by atoms with Crippen molar-refractivity contribution >= 4 is 34.8 Å². The summed E-state index contributed by atoms with van der Waals surface area (Å²) >= 11 is 0. The van der Waals surface area contributed by atoms with Gasteiger partial charge in [0.05, 0.1) is 23.8 Å². The molecule has 0 saturated heterocycles. The molecule has 9 heteroatoms. The van der Waals surface area contributed by atoms with Gasteiger partial charge in [-0.2, -0.15) is 5.10 Å². The summed E-state index contributed by atoms with van der Waals surface area (Å²) in [7, 11) is 1.31. The Morgan fingerprint density at radius 1 is 1.23 bits per heavy atom. The minimum atomic E-state index is -0.466. The van der Waals surface area contributed by atoms with E-state index in [9.17, 15) is 14.4 Å². The number of nitrogens with zero attached hydrogens (tertiary/aromatic N) is 3. The van der Waals surface area contributed by atoms with Crippen LogP contribution in [0.25, 0.3) is 5.52 Å². The highest BCUT2D eigenvalue weighted by Crippen LogP contribution is 2.27. The van der Waals surface area contributed by atoms with Crippen LogP contribution >= 0.6 is 0 Å². The number of amides is 2. The van der Waals surface area contributed by atoms with Gasteiger partial charge in [-0.05, 0) is 30.7 Å². The first-order valence-electron chi connectivity index (χ1n) is 7.67. The van der Waals surface area contributed by atoms with E-state index in [0.717, 1.165) is 0 Å². The predicted molar refractivity (Wildman–Crippen MR) is 90.6 cm³/mol. The van der Waals surface area contributed by atoms with Crippen LogP contribution < -0.4 is 10.6 Å². The number of rotatable bonds is 3. The number of ether oxygens (including phenoxy) is 1. The fourth-order valence-corrected chi connectivity index (χ4v) is 2.95. The van der Waals surface area contributed by atoms with Crippen LogP contribution in [0.5, 0.6) is 0 Å². The zero-order valence-corrected chi connectivity index (χ0v) is 13.9. The second kappa shape index (κ2) is 5.66. The van der Waals surface area contributed by atoms with Crippen LogP contribution in [0.2, 0.25) is 0 Å². The molecule has 2 aromatic heterocycles. The van der Waals surface area contributed by atoms with E-state index in [1.807, 2.05) is 0 Å². The number of hydrogen-bond acceptors (Lipinski definition) is 7. The van der Waals surface area contributed by atoms with Crippen molar-refractivity contribution < 1.29 is 19.1 Å². The van der Waals surface area contributed by atoms with Crippen molar-refractivity contribution in [3.05, 3.63) is 53.0 Å². The molecule has 0 saturated carbocycles. The average molecular weight is 351 g/mol. The van der Waals surface area contributed by atoms with Crippen molar-refractivity contribution in [2.45, 2.75) is 6.92 Å². The standard InChI is InChI=1S/C17H13N5O4/c1-8-12(17(25)26-2)6-22-13(8)14(18-7-19-22)20-9-3-4-10-11(5-9)16(24)21-15(10)23/h3-7H,1-2H3,(H,18,19,20)(H,21,23,24). The molecule has 3 aromatic rings. The second-order valence-electron chi connectivity index (χ2n) is 5.73. The quantitative estimate of drug-likeness (QED) is 0.542. The Hall–Kier alpha value is -3.75. The highest BCUT2D eigenvalue weighted by Gasteiger charge is 2.27. The van der Waals surface area contributed by atoms with Gasteiger partial charge in [-0.25, -0.2) is 14.3 Å². The van der Waals surface area contributed by atoms with Crippen molar-refractivity contribution in [3.63, 3.8) is 0 Å². The van der Waals surface area contributed by atoms with Crippen molar-refractivity contribution in [2.24, 2.45) is 0 Å². The van der Waals surface area contributed by atoms with Crippen molar-refractivity contribution in [2.75, 3.05) is 12.4 Å². The zero-order valence-electron chi connectivity index (χ0n) is 13.9. The van der Waals surface area contributed by atoms with Crippen LogP contribution in [0.1, 0.15) is 36.6 Å². The molecule has 130 valence electrons. The van der Waals surface area contributed by atoms with Gasteiger partial charge < -0.3 is 10.1 Å². The molecule has 1 aliphatic heterocycles. The third-order valence-electron chi connectivity index (χ3n) is 4.23. The third-order valence-corrected chi connectivity index (χ3v) is 4.23. The normalized spacial score (nSPS) is 12.8. The van der Waals surface area contributed by atoms with Gasteiger partial charge in [-0.1, -0.05) is 0 Å².